The molecule has 1 saturated carbocycles. The van der Waals surface area contributed by atoms with E-state index in [4.69, 9.17) is 0 Å². The Hall–Kier alpha value is -1.40. The summed E-state index contributed by atoms with van der Waals surface area (Å²) >= 11 is 0. The number of nitrogens with one attached hydrogen (secondary N) is 3. The number of aromatic amines is 1. The molecule has 1 aromatic rings. The molecule has 3 rings (SSSR count). The maximum absolute atomic E-state index is 12.5. The molecule has 1 amide bonds. The van der Waals surface area contributed by atoms with Crippen LogP contribution in [0.25, 0.3) is 0 Å². The molecule has 0 saturated heterocycles. The van der Waals surface area contributed by atoms with Crippen molar-refractivity contribution in [1.29, 1.82) is 0 Å². The molecule has 0 spiro atoms. The number of H-pyrrole nitrogens is 1. The number of aliphatic hydroxyl groups is 1. The standard InChI is InChI=1S/C16H26N4O2/c1-11(4-8-21)16(5-2-6-16)10-18-15(22)14-12-9-17-7-3-13(12)19-20-14/h11,17,21H,2-10H2,1H3,(H,18,22)(H,19,20). The lowest BCUT2D eigenvalue weighted by Gasteiger charge is -2.46. The summed E-state index contributed by atoms with van der Waals surface area (Å²) in [5.41, 5.74) is 2.78. The highest BCUT2D eigenvalue weighted by molar-refractivity contribution is 5.94. The maximum atomic E-state index is 12.5. The van der Waals surface area contributed by atoms with E-state index in [0.29, 0.717) is 24.7 Å². The molecule has 2 heterocycles. The van der Waals surface area contributed by atoms with Crippen molar-refractivity contribution in [2.45, 2.75) is 45.6 Å². The number of hydrogen-bond donors (Lipinski definition) is 4. The zero-order valence-electron chi connectivity index (χ0n) is 13.2. The molecule has 1 aliphatic carbocycles. The number of aliphatic hydroxyl groups excluding tert-OH is 1. The van der Waals surface area contributed by atoms with Gasteiger partial charge in [0.05, 0.1) is 0 Å². The van der Waals surface area contributed by atoms with Gasteiger partial charge in [-0.25, -0.2) is 0 Å². The monoisotopic (exact) mass is 306 g/mol. The molecule has 0 radical (unpaired) electrons. The number of carbonyl (C=O) groups excluding carboxylic acids is 1. The quantitative estimate of drug-likeness (QED) is 0.630. The molecule has 6 heteroatoms. The predicted molar refractivity (Wildman–Crippen MR) is 83.5 cm³/mol. The third-order valence-corrected chi connectivity index (χ3v) is 5.58. The molecule has 0 bridgehead atoms. The highest BCUT2D eigenvalue weighted by Crippen LogP contribution is 2.47. The molecule has 2 aliphatic rings. The Morgan fingerprint density at radius 3 is 3.00 bits per heavy atom. The van der Waals surface area contributed by atoms with Gasteiger partial charge in [-0.2, -0.15) is 5.10 Å². The molecular weight excluding hydrogens is 280 g/mol. The fourth-order valence-electron chi connectivity index (χ4n) is 3.73. The Morgan fingerprint density at radius 2 is 2.32 bits per heavy atom. The van der Waals surface area contributed by atoms with E-state index < -0.39 is 0 Å². The highest BCUT2D eigenvalue weighted by atomic mass is 16.3. The number of fused-ring (bicyclic) bond motifs is 1. The summed E-state index contributed by atoms with van der Waals surface area (Å²) in [6.45, 7) is 4.72. The lowest BCUT2D eigenvalue weighted by Crippen LogP contribution is -2.46. The Balaban J connectivity index is 1.63. The van der Waals surface area contributed by atoms with Gasteiger partial charge in [-0.1, -0.05) is 13.3 Å². The molecule has 1 aromatic heterocycles. The highest BCUT2D eigenvalue weighted by Gasteiger charge is 2.41. The molecule has 1 fully saturated rings. The van der Waals surface area contributed by atoms with E-state index >= 15 is 0 Å². The molecule has 0 aromatic carbocycles. The number of nitrogens with zero attached hydrogens (tertiary/aromatic N) is 1. The van der Waals surface area contributed by atoms with E-state index in [-0.39, 0.29) is 17.9 Å². The van der Waals surface area contributed by atoms with Gasteiger partial charge in [0.15, 0.2) is 5.69 Å². The first-order valence-corrected chi connectivity index (χ1v) is 8.32. The molecule has 4 N–H and O–H groups in total. The van der Waals surface area contributed by atoms with Gasteiger partial charge in [0, 0.05) is 43.9 Å². The average molecular weight is 306 g/mol. The molecule has 22 heavy (non-hydrogen) atoms. The number of amides is 1. The summed E-state index contributed by atoms with van der Waals surface area (Å²) in [6.07, 6.45) is 5.18. The molecular formula is C16H26N4O2. The van der Waals surface area contributed by atoms with E-state index in [1.54, 1.807) is 0 Å². The van der Waals surface area contributed by atoms with Crippen LogP contribution in [0.15, 0.2) is 0 Å². The van der Waals surface area contributed by atoms with Crippen LogP contribution in [0.1, 0.15) is 54.4 Å². The maximum Gasteiger partial charge on any atom is 0.272 e. The van der Waals surface area contributed by atoms with Crippen molar-refractivity contribution >= 4 is 5.91 Å². The van der Waals surface area contributed by atoms with Gasteiger partial charge in [0.2, 0.25) is 0 Å². The number of hydrogen-bond acceptors (Lipinski definition) is 4. The van der Waals surface area contributed by atoms with Gasteiger partial charge in [-0.3, -0.25) is 9.89 Å². The first-order chi connectivity index (χ1) is 10.7. The van der Waals surface area contributed by atoms with Gasteiger partial charge in [0.25, 0.3) is 5.91 Å². The van der Waals surface area contributed by atoms with E-state index in [2.05, 4.69) is 27.8 Å². The van der Waals surface area contributed by atoms with Crippen molar-refractivity contribution < 1.29 is 9.90 Å². The summed E-state index contributed by atoms with van der Waals surface area (Å²) in [6, 6.07) is 0. The van der Waals surface area contributed by atoms with Crippen LogP contribution in [0.2, 0.25) is 0 Å². The third-order valence-electron chi connectivity index (χ3n) is 5.58. The van der Waals surface area contributed by atoms with Crippen LogP contribution in [-0.2, 0) is 13.0 Å². The van der Waals surface area contributed by atoms with Gasteiger partial charge in [0.1, 0.15) is 0 Å². The Morgan fingerprint density at radius 1 is 1.50 bits per heavy atom. The Kier molecular flexibility index (Phi) is 4.49. The van der Waals surface area contributed by atoms with Crippen LogP contribution in [0.3, 0.4) is 0 Å². The average Bonchev–Trinajstić information content (AvgIpc) is 2.90. The van der Waals surface area contributed by atoms with Crippen LogP contribution in [0.4, 0.5) is 0 Å². The van der Waals surface area contributed by atoms with Crippen LogP contribution in [-0.4, -0.2) is 40.9 Å². The van der Waals surface area contributed by atoms with E-state index in [0.717, 1.165) is 43.5 Å². The van der Waals surface area contributed by atoms with E-state index in [1.165, 1.54) is 6.42 Å². The second kappa shape index (κ2) is 6.38. The zero-order valence-corrected chi connectivity index (χ0v) is 13.2. The van der Waals surface area contributed by atoms with E-state index in [9.17, 15) is 9.90 Å². The van der Waals surface area contributed by atoms with Gasteiger partial charge >= 0.3 is 0 Å². The summed E-state index contributed by atoms with van der Waals surface area (Å²) < 4.78 is 0. The van der Waals surface area contributed by atoms with Crippen molar-refractivity contribution in [2.75, 3.05) is 19.7 Å². The van der Waals surface area contributed by atoms with Crippen LogP contribution in [0, 0.1) is 11.3 Å². The Labute approximate surface area is 131 Å². The SMILES string of the molecule is CC(CCO)C1(CNC(=O)c2n[nH]c3c2CNCC3)CCC1. The van der Waals surface area contributed by atoms with Crippen LogP contribution >= 0.6 is 0 Å². The molecule has 6 nitrogen and oxygen atoms in total. The van der Waals surface area contributed by atoms with Crippen molar-refractivity contribution in [3.05, 3.63) is 17.0 Å². The summed E-state index contributed by atoms with van der Waals surface area (Å²) in [4.78, 5) is 12.5. The molecule has 1 aliphatic heterocycles. The normalized spacial score (nSPS) is 20.8. The summed E-state index contributed by atoms with van der Waals surface area (Å²) in [5, 5.41) is 22.7. The van der Waals surface area contributed by atoms with E-state index in [1.807, 2.05) is 0 Å². The lowest BCUT2D eigenvalue weighted by molar-refractivity contribution is 0.0409. The summed E-state index contributed by atoms with van der Waals surface area (Å²) in [5.74, 6) is 0.352. The zero-order chi connectivity index (χ0) is 15.6. The van der Waals surface area contributed by atoms with Crippen molar-refractivity contribution in [3.63, 3.8) is 0 Å². The van der Waals surface area contributed by atoms with Gasteiger partial charge < -0.3 is 15.7 Å². The van der Waals surface area contributed by atoms with Crippen LogP contribution in [0.5, 0.6) is 0 Å². The molecule has 122 valence electrons. The van der Waals surface area contributed by atoms with Gasteiger partial charge in [-0.15, -0.1) is 0 Å². The minimum absolute atomic E-state index is 0.0799. The van der Waals surface area contributed by atoms with Crippen LogP contribution < -0.4 is 10.6 Å². The molecule has 1 atom stereocenters. The fourth-order valence-corrected chi connectivity index (χ4v) is 3.73. The largest absolute Gasteiger partial charge is 0.396 e. The minimum Gasteiger partial charge on any atom is -0.396 e. The smallest absolute Gasteiger partial charge is 0.272 e. The first-order valence-electron chi connectivity index (χ1n) is 8.32. The predicted octanol–water partition coefficient (Wildman–Crippen LogP) is 0.974. The number of carbonyl (C=O) groups is 1. The first kappa shape index (κ1) is 15.5. The topological polar surface area (TPSA) is 90.0 Å². The lowest BCUT2D eigenvalue weighted by atomic mass is 9.60. The van der Waals surface area contributed by atoms with Crippen molar-refractivity contribution in [2.24, 2.45) is 11.3 Å². The second-order valence-corrected chi connectivity index (χ2v) is 6.77. The minimum atomic E-state index is -0.0799. The number of aromatic nitrogens is 2. The molecule has 1 unspecified atom stereocenters. The second-order valence-electron chi connectivity index (χ2n) is 6.77. The Bertz CT molecular complexity index is 536. The fraction of sp³-hybridized carbons (Fsp3) is 0.750. The third kappa shape index (κ3) is 2.77. The van der Waals surface area contributed by atoms with Crippen molar-refractivity contribution in [3.8, 4) is 0 Å². The summed E-state index contributed by atoms with van der Waals surface area (Å²) in [7, 11) is 0. The van der Waals surface area contributed by atoms with Gasteiger partial charge in [-0.05, 0) is 30.6 Å². The van der Waals surface area contributed by atoms with Crippen molar-refractivity contribution in [1.82, 2.24) is 20.8 Å². The number of rotatable bonds is 6.